The van der Waals surface area contributed by atoms with E-state index in [1.165, 1.54) is 5.56 Å². The van der Waals surface area contributed by atoms with E-state index < -0.39 is 0 Å². The van der Waals surface area contributed by atoms with Gasteiger partial charge in [-0.25, -0.2) is 4.98 Å². The summed E-state index contributed by atoms with van der Waals surface area (Å²) in [5.41, 5.74) is 3.32. The number of nitrogens with zero attached hydrogens (tertiary/aromatic N) is 1. The molecule has 1 heterocycles. The molecule has 114 valence electrons. The molecule has 2 N–H and O–H groups in total. The predicted octanol–water partition coefficient (Wildman–Crippen LogP) is 3.29. The minimum absolute atomic E-state index is 0.676. The molecule has 0 radical (unpaired) electrons. The van der Waals surface area contributed by atoms with Crippen LogP contribution in [0, 0.1) is 0 Å². The van der Waals surface area contributed by atoms with Gasteiger partial charge >= 0.3 is 0 Å². The lowest BCUT2D eigenvalue weighted by Gasteiger charge is -2.03. The summed E-state index contributed by atoms with van der Waals surface area (Å²) < 4.78 is 5.51. The Hall–Kier alpha value is -2.33. The van der Waals surface area contributed by atoms with Gasteiger partial charge in [-0.05, 0) is 24.6 Å². The molecule has 0 aliphatic heterocycles. The van der Waals surface area contributed by atoms with Crippen LogP contribution in [-0.4, -0.2) is 23.1 Å². The number of hydrogen-bond donors (Lipinski definition) is 2. The molecule has 4 heteroatoms. The molecule has 0 saturated carbocycles. The van der Waals surface area contributed by atoms with Gasteiger partial charge in [-0.1, -0.05) is 30.3 Å². The summed E-state index contributed by atoms with van der Waals surface area (Å²) in [6.07, 6.45) is 0.880. The number of rotatable bonds is 7. The van der Waals surface area contributed by atoms with E-state index in [-0.39, 0.29) is 0 Å². The average Bonchev–Trinajstić information content (AvgIpc) is 2.95. The Morgan fingerprint density at radius 1 is 1.14 bits per heavy atom. The first-order chi connectivity index (χ1) is 10.8. The highest BCUT2D eigenvalue weighted by molar-refractivity contribution is 5.76. The number of hydrogen-bond acceptors (Lipinski definition) is 3. The summed E-state index contributed by atoms with van der Waals surface area (Å²) in [6, 6.07) is 16.4. The third kappa shape index (κ3) is 3.65. The van der Waals surface area contributed by atoms with Gasteiger partial charge in [0, 0.05) is 25.6 Å². The van der Waals surface area contributed by atoms with Gasteiger partial charge in [0.05, 0.1) is 17.6 Å². The molecule has 0 unspecified atom stereocenters. The van der Waals surface area contributed by atoms with E-state index >= 15 is 0 Å². The second-order valence-electron chi connectivity index (χ2n) is 5.21. The molecule has 0 aliphatic rings. The smallest absolute Gasteiger partial charge is 0.121 e. The van der Waals surface area contributed by atoms with E-state index in [2.05, 4.69) is 39.6 Å². The molecule has 22 heavy (non-hydrogen) atoms. The number of H-pyrrole nitrogens is 1. The molecule has 0 amide bonds. The molecule has 3 aromatic rings. The van der Waals surface area contributed by atoms with Crippen molar-refractivity contribution in [2.75, 3.05) is 13.2 Å². The van der Waals surface area contributed by atoms with Crippen LogP contribution in [0.15, 0.2) is 48.5 Å². The Kier molecular flexibility index (Phi) is 4.71. The zero-order chi connectivity index (χ0) is 15.2. The fraction of sp³-hybridized carbons (Fsp3) is 0.278. The Bertz CT molecular complexity index is 722. The lowest BCUT2D eigenvalue weighted by Crippen LogP contribution is -2.17. The van der Waals surface area contributed by atoms with Crippen molar-refractivity contribution >= 4 is 11.0 Å². The number of fused-ring (bicyclic) bond motifs is 1. The molecule has 0 atom stereocenters. The van der Waals surface area contributed by atoms with Crippen molar-refractivity contribution in [3.63, 3.8) is 0 Å². The first kappa shape index (κ1) is 14.6. The first-order valence-electron chi connectivity index (χ1n) is 7.71. The number of nitrogens with one attached hydrogen (secondary N) is 2. The predicted molar refractivity (Wildman–Crippen MR) is 89.1 cm³/mol. The maximum Gasteiger partial charge on any atom is 0.121 e. The van der Waals surface area contributed by atoms with Crippen molar-refractivity contribution in [1.29, 1.82) is 0 Å². The fourth-order valence-electron chi connectivity index (χ4n) is 2.45. The normalized spacial score (nSPS) is 11.0. The van der Waals surface area contributed by atoms with E-state index in [4.69, 9.17) is 4.74 Å². The average molecular weight is 295 g/mol. The highest BCUT2D eigenvalue weighted by Gasteiger charge is 2.04. The maximum absolute atomic E-state index is 5.51. The molecule has 0 bridgehead atoms. The molecule has 0 fully saturated rings. The molecule has 0 saturated heterocycles. The molecule has 0 aliphatic carbocycles. The van der Waals surface area contributed by atoms with Gasteiger partial charge in [0.15, 0.2) is 0 Å². The maximum atomic E-state index is 5.51. The van der Waals surface area contributed by atoms with Crippen LogP contribution >= 0.6 is 0 Å². The van der Waals surface area contributed by atoms with Gasteiger partial charge < -0.3 is 15.0 Å². The van der Waals surface area contributed by atoms with Crippen molar-refractivity contribution in [2.45, 2.75) is 19.9 Å². The third-order valence-corrected chi connectivity index (χ3v) is 3.52. The molecule has 0 spiro atoms. The van der Waals surface area contributed by atoms with Gasteiger partial charge in [-0.3, -0.25) is 0 Å². The lowest BCUT2D eigenvalue weighted by molar-refractivity contribution is 0.340. The van der Waals surface area contributed by atoms with Crippen LogP contribution in [0.25, 0.3) is 11.0 Å². The summed E-state index contributed by atoms with van der Waals surface area (Å²) >= 11 is 0. The Morgan fingerprint density at radius 2 is 2.00 bits per heavy atom. The van der Waals surface area contributed by atoms with Crippen LogP contribution in [-0.2, 0) is 13.0 Å². The summed E-state index contributed by atoms with van der Waals surface area (Å²) in [5, 5.41) is 3.44. The Balaban J connectivity index is 1.55. The van der Waals surface area contributed by atoms with Crippen LogP contribution < -0.4 is 10.1 Å². The minimum atomic E-state index is 0.676. The number of imidazole rings is 1. The van der Waals surface area contributed by atoms with Crippen molar-refractivity contribution in [3.8, 4) is 5.75 Å². The van der Waals surface area contributed by atoms with E-state index in [0.29, 0.717) is 6.61 Å². The van der Waals surface area contributed by atoms with Crippen molar-refractivity contribution < 1.29 is 4.74 Å². The topological polar surface area (TPSA) is 49.9 Å². The third-order valence-electron chi connectivity index (χ3n) is 3.52. The second-order valence-corrected chi connectivity index (χ2v) is 5.21. The van der Waals surface area contributed by atoms with E-state index in [0.717, 1.165) is 42.1 Å². The van der Waals surface area contributed by atoms with Gasteiger partial charge in [-0.15, -0.1) is 0 Å². The van der Waals surface area contributed by atoms with E-state index in [9.17, 15) is 0 Å². The Morgan fingerprint density at radius 3 is 2.82 bits per heavy atom. The monoisotopic (exact) mass is 295 g/mol. The van der Waals surface area contributed by atoms with Crippen LogP contribution in [0.4, 0.5) is 0 Å². The van der Waals surface area contributed by atoms with E-state index in [1.54, 1.807) is 0 Å². The van der Waals surface area contributed by atoms with Crippen molar-refractivity contribution in [3.05, 3.63) is 59.9 Å². The SMILES string of the molecule is CCOc1ccc2nc(CCNCc3ccccc3)[nH]c2c1. The largest absolute Gasteiger partial charge is 0.494 e. The zero-order valence-corrected chi connectivity index (χ0v) is 12.8. The van der Waals surface area contributed by atoms with Gasteiger partial charge in [0.2, 0.25) is 0 Å². The molecule has 1 aromatic heterocycles. The number of benzene rings is 2. The Labute approximate surface area is 130 Å². The fourth-order valence-corrected chi connectivity index (χ4v) is 2.45. The minimum Gasteiger partial charge on any atom is -0.494 e. The number of aromatic amines is 1. The molecule has 3 rings (SSSR count). The molecule has 4 nitrogen and oxygen atoms in total. The molecular weight excluding hydrogens is 274 g/mol. The number of ether oxygens (including phenoxy) is 1. The van der Waals surface area contributed by atoms with Gasteiger partial charge in [0.25, 0.3) is 0 Å². The van der Waals surface area contributed by atoms with Gasteiger partial charge in [0.1, 0.15) is 11.6 Å². The summed E-state index contributed by atoms with van der Waals surface area (Å²) in [7, 11) is 0. The van der Waals surface area contributed by atoms with Crippen LogP contribution in [0.5, 0.6) is 5.75 Å². The highest BCUT2D eigenvalue weighted by Crippen LogP contribution is 2.19. The van der Waals surface area contributed by atoms with E-state index in [1.807, 2.05) is 31.2 Å². The second kappa shape index (κ2) is 7.09. The van der Waals surface area contributed by atoms with Gasteiger partial charge in [-0.2, -0.15) is 0 Å². The quantitative estimate of drug-likeness (QED) is 0.658. The summed E-state index contributed by atoms with van der Waals surface area (Å²) in [4.78, 5) is 7.97. The number of aromatic nitrogens is 2. The van der Waals surface area contributed by atoms with Crippen LogP contribution in [0.3, 0.4) is 0 Å². The summed E-state index contributed by atoms with van der Waals surface area (Å²) in [6.45, 7) is 4.44. The molecular formula is C18H21N3O. The highest BCUT2D eigenvalue weighted by atomic mass is 16.5. The van der Waals surface area contributed by atoms with Crippen LogP contribution in [0.1, 0.15) is 18.3 Å². The van der Waals surface area contributed by atoms with Crippen molar-refractivity contribution in [2.24, 2.45) is 0 Å². The van der Waals surface area contributed by atoms with Crippen molar-refractivity contribution in [1.82, 2.24) is 15.3 Å². The zero-order valence-electron chi connectivity index (χ0n) is 12.8. The molecule has 2 aromatic carbocycles. The lowest BCUT2D eigenvalue weighted by atomic mass is 10.2. The first-order valence-corrected chi connectivity index (χ1v) is 7.71. The summed E-state index contributed by atoms with van der Waals surface area (Å²) in [5.74, 6) is 1.89. The standard InChI is InChI=1S/C18H21N3O/c1-2-22-15-8-9-16-17(12-15)21-18(20-16)10-11-19-13-14-6-4-3-5-7-14/h3-9,12,19H,2,10-11,13H2,1H3,(H,20,21). The van der Waals surface area contributed by atoms with Crippen LogP contribution in [0.2, 0.25) is 0 Å².